The topological polar surface area (TPSA) is 23.5 Å². The molecular formula is C16H25NO. The van der Waals surface area contributed by atoms with Crippen LogP contribution in [-0.2, 0) is 0 Å². The molecular weight excluding hydrogens is 222 g/mol. The summed E-state index contributed by atoms with van der Waals surface area (Å²) >= 11 is 0. The van der Waals surface area contributed by atoms with Crippen molar-refractivity contribution >= 4 is 0 Å². The summed E-state index contributed by atoms with van der Waals surface area (Å²) in [5.74, 6) is 1.33. The summed E-state index contributed by atoms with van der Waals surface area (Å²) in [5.41, 5.74) is 2.37. The summed E-state index contributed by atoms with van der Waals surface area (Å²) in [4.78, 5) is 2.37. The Hall–Kier alpha value is -0.860. The smallest absolute Gasteiger partial charge is 0.0916 e. The van der Waals surface area contributed by atoms with Gasteiger partial charge in [0.1, 0.15) is 0 Å². The predicted octanol–water partition coefficient (Wildman–Crippen LogP) is 3.19. The molecule has 2 unspecified atom stereocenters. The van der Waals surface area contributed by atoms with E-state index in [-0.39, 0.29) is 6.10 Å². The highest BCUT2D eigenvalue weighted by Gasteiger charge is 2.21. The second kappa shape index (κ2) is 5.85. The minimum absolute atomic E-state index is 0.350. The predicted molar refractivity (Wildman–Crippen MR) is 75.7 cm³/mol. The van der Waals surface area contributed by atoms with Gasteiger partial charge in [0.2, 0.25) is 0 Å². The van der Waals surface area contributed by atoms with E-state index in [1.165, 1.54) is 12.0 Å². The van der Waals surface area contributed by atoms with Crippen molar-refractivity contribution in [3.8, 4) is 0 Å². The zero-order chi connectivity index (χ0) is 13.1. The van der Waals surface area contributed by atoms with Gasteiger partial charge in [-0.2, -0.15) is 0 Å². The summed E-state index contributed by atoms with van der Waals surface area (Å²) in [6.07, 6.45) is 0.912. The fourth-order valence-electron chi connectivity index (χ4n) is 2.65. The van der Waals surface area contributed by atoms with Crippen LogP contribution in [-0.4, -0.2) is 29.6 Å². The summed E-state index contributed by atoms with van der Waals surface area (Å²) in [7, 11) is 0. The molecule has 1 aromatic carbocycles. The van der Waals surface area contributed by atoms with Crippen molar-refractivity contribution in [2.75, 3.05) is 19.6 Å². The fraction of sp³-hybridized carbons (Fsp3) is 0.625. The first-order chi connectivity index (χ1) is 8.56. The Morgan fingerprint density at radius 3 is 2.33 bits per heavy atom. The van der Waals surface area contributed by atoms with Crippen LogP contribution in [0.1, 0.15) is 50.3 Å². The molecule has 2 atom stereocenters. The maximum atomic E-state index is 10.3. The van der Waals surface area contributed by atoms with E-state index in [2.05, 4.69) is 49.9 Å². The highest BCUT2D eigenvalue weighted by Crippen LogP contribution is 2.22. The lowest BCUT2D eigenvalue weighted by molar-refractivity contribution is 0.124. The zero-order valence-electron chi connectivity index (χ0n) is 11.8. The Morgan fingerprint density at radius 2 is 1.83 bits per heavy atom. The second-order valence-corrected chi connectivity index (χ2v) is 5.99. The molecule has 1 aliphatic heterocycles. The monoisotopic (exact) mass is 247 g/mol. The van der Waals surface area contributed by atoms with E-state index < -0.39 is 0 Å². The van der Waals surface area contributed by atoms with Gasteiger partial charge in [0.05, 0.1) is 6.10 Å². The number of hydrogen-bond donors (Lipinski definition) is 1. The van der Waals surface area contributed by atoms with E-state index in [1.54, 1.807) is 0 Å². The first kappa shape index (κ1) is 13.6. The quantitative estimate of drug-likeness (QED) is 0.883. The molecule has 0 aliphatic carbocycles. The minimum atomic E-state index is -0.350. The maximum absolute atomic E-state index is 10.3. The Morgan fingerprint density at radius 1 is 1.22 bits per heavy atom. The number of benzene rings is 1. The van der Waals surface area contributed by atoms with Gasteiger partial charge in [-0.15, -0.1) is 0 Å². The molecule has 2 heteroatoms. The van der Waals surface area contributed by atoms with Crippen molar-refractivity contribution in [1.29, 1.82) is 0 Å². The lowest BCUT2D eigenvalue weighted by atomic mass is 10.00. The molecule has 1 saturated heterocycles. The van der Waals surface area contributed by atoms with Crippen molar-refractivity contribution in [1.82, 2.24) is 4.90 Å². The Labute approximate surface area is 111 Å². The molecule has 0 amide bonds. The van der Waals surface area contributed by atoms with E-state index in [1.807, 2.05) is 0 Å². The van der Waals surface area contributed by atoms with Crippen molar-refractivity contribution in [2.24, 2.45) is 5.92 Å². The number of β-amino-alcohol motifs (C(OH)–C–C–N with tert-alkyl or cyclic N) is 1. The first-order valence-electron chi connectivity index (χ1n) is 7.06. The normalized spacial score (nSPS) is 22.6. The number of likely N-dealkylation sites (tertiary alicyclic amines) is 1. The molecule has 0 bridgehead atoms. The van der Waals surface area contributed by atoms with Gasteiger partial charge in [-0.3, -0.25) is 0 Å². The fourth-order valence-corrected chi connectivity index (χ4v) is 2.65. The molecule has 18 heavy (non-hydrogen) atoms. The van der Waals surface area contributed by atoms with Crippen molar-refractivity contribution in [3.05, 3.63) is 35.4 Å². The van der Waals surface area contributed by atoms with Crippen LogP contribution < -0.4 is 0 Å². The lowest BCUT2D eigenvalue weighted by Gasteiger charge is -2.20. The number of rotatable bonds is 4. The summed E-state index contributed by atoms with van der Waals surface area (Å²) in [6, 6.07) is 8.41. The van der Waals surface area contributed by atoms with Gasteiger partial charge in [-0.1, -0.05) is 45.0 Å². The van der Waals surface area contributed by atoms with Crippen LogP contribution in [0, 0.1) is 5.92 Å². The molecule has 0 aromatic heterocycles. The SMILES string of the molecule is CC1CCN(CC(O)c2ccc(C(C)C)cc2)C1. The van der Waals surface area contributed by atoms with E-state index in [4.69, 9.17) is 0 Å². The van der Waals surface area contributed by atoms with Crippen LogP contribution in [0.4, 0.5) is 0 Å². The molecule has 1 fully saturated rings. The van der Waals surface area contributed by atoms with Gasteiger partial charge in [-0.05, 0) is 35.9 Å². The van der Waals surface area contributed by atoms with Crippen LogP contribution in [0.15, 0.2) is 24.3 Å². The molecule has 0 radical (unpaired) electrons. The van der Waals surface area contributed by atoms with E-state index in [0.717, 1.165) is 31.1 Å². The molecule has 100 valence electrons. The van der Waals surface area contributed by atoms with Gasteiger partial charge in [-0.25, -0.2) is 0 Å². The molecule has 2 nitrogen and oxygen atoms in total. The van der Waals surface area contributed by atoms with Crippen LogP contribution in [0.3, 0.4) is 0 Å². The van der Waals surface area contributed by atoms with Crippen LogP contribution in [0.5, 0.6) is 0 Å². The van der Waals surface area contributed by atoms with Gasteiger partial charge in [0, 0.05) is 13.1 Å². The molecule has 0 saturated carbocycles. The summed E-state index contributed by atoms with van der Waals surface area (Å²) in [6.45, 7) is 9.69. The molecule has 1 N–H and O–H groups in total. The molecule has 1 heterocycles. The largest absolute Gasteiger partial charge is 0.387 e. The Bertz CT molecular complexity index is 371. The van der Waals surface area contributed by atoms with Crippen molar-refractivity contribution in [3.63, 3.8) is 0 Å². The van der Waals surface area contributed by atoms with E-state index in [9.17, 15) is 5.11 Å². The summed E-state index contributed by atoms with van der Waals surface area (Å²) in [5, 5.41) is 10.3. The van der Waals surface area contributed by atoms with Gasteiger partial charge in [0.25, 0.3) is 0 Å². The number of hydrogen-bond acceptors (Lipinski definition) is 2. The van der Waals surface area contributed by atoms with E-state index in [0.29, 0.717) is 5.92 Å². The number of nitrogens with zero attached hydrogens (tertiary/aromatic N) is 1. The molecule has 0 spiro atoms. The number of aliphatic hydroxyl groups excluding tert-OH is 1. The highest BCUT2D eigenvalue weighted by atomic mass is 16.3. The molecule has 1 aliphatic rings. The molecule has 2 rings (SSSR count). The maximum Gasteiger partial charge on any atom is 0.0916 e. The van der Waals surface area contributed by atoms with Gasteiger partial charge >= 0.3 is 0 Å². The van der Waals surface area contributed by atoms with Crippen LogP contribution in [0.25, 0.3) is 0 Å². The third-order valence-corrected chi connectivity index (χ3v) is 3.93. The standard InChI is InChI=1S/C16H25NO/c1-12(2)14-4-6-15(7-5-14)16(18)11-17-9-8-13(3)10-17/h4-7,12-13,16,18H,8-11H2,1-3H3. The average Bonchev–Trinajstić information content (AvgIpc) is 2.75. The first-order valence-corrected chi connectivity index (χ1v) is 7.06. The average molecular weight is 247 g/mol. The van der Waals surface area contributed by atoms with Crippen LogP contribution >= 0.6 is 0 Å². The number of aliphatic hydroxyl groups is 1. The zero-order valence-corrected chi connectivity index (χ0v) is 11.8. The summed E-state index contributed by atoms with van der Waals surface area (Å²) < 4.78 is 0. The van der Waals surface area contributed by atoms with Gasteiger partial charge in [0.15, 0.2) is 0 Å². The third kappa shape index (κ3) is 3.33. The van der Waals surface area contributed by atoms with E-state index >= 15 is 0 Å². The van der Waals surface area contributed by atoms with Crippen molar-refractivity contribution in [2.45, 2.75) is 39.2 Å². The minimum Gasteiger partial charge on any atom is -0.387 e. The third-order valence-electron chi connectivity index (χ3n) is 3.93. The second-order valence-electron chi connectivity index (χ2n) is 5.99. The Balaban J connectivity index is 1.94. The van der Waals surface area contributed by atoms with Crippen molar-refractivity contribution < 1.29 is 5.11 Å². The molecule has 1 aromatic rings. The van der Waals surface area contributed by atoms with Crippen LogP contribution in [0.2, 0.25) is 0 Å². The Kier molecular flexibility index (Phi) is 4.41. The van der Waals surface area contributed by atoms with Gasteiger partial charge < -0.3 is 10.0 Å². The lowest BCUT2D eigenvalue weighted by Crippen LogP contribution is -2.26. The highest BCUT2D eigenvalue weighted by molar-refractivity contribution is 5.26.